The average Bonchev–Trinajstić information content (AvgIpc) is 2.11. The van der Waals surface area contributed by atoms with Crippen LogP contribution in [0.25, 0.3) is 0 Å². The summed E-state index contributed by atoms with van der Waals surface area (Å²) >= 11 is 0. The summed E-state index contributed by atoms with van der Waals surface area (Å²) in [6.45, 7) is 3.12. The summed E-state index contributed by atoms with van der Waals surface area (Å²) < 4.78 is 22.6. The third kappa shape index (κ3) is 1.82. The summed E-state index contributed by atoms with van der Waals surface area (Å²) in [7, 11) is -1.80. The van der Waals surface area contributed by atoms with E-state index in [0.29, 0.717) is 11.1 Å². The van der Waals surface area contributed by atoms with Crippen LogP contribution in [0.2, 0.25) is 0 Å². The molecule has 1 rings (SSSR count). The Morgan fingerprint density at radius 2 is 2.00 bits per heavy atom. The van der Waals surface area contributed by atoms with E-state index in [1.807, 2.05) is 0 Å². The van der Waals surface area contributed by atoms with Gasteiger partial charge in [0.25, 0.3) is 0 Å². The van der Waals surface area contributed by atoms with E-state index in [9.17, 15) is 0 Å². The second-order valence-electron chi connectivity index (χ2n) is 2.41. The van der Waals surface area contributed by atoms with Crippen molar-refractivity contribution in [3.63, 3.8) is 0 Å². The molecule has 0 aliphatic rings. The van der Waals surface area contributed by atoms with Crippen LogP contribution in [0.5, 0.6) is 0 Å². The van der Waals surface area contributed by atoms with Crippen LogP contribution in [0.1, 0.15) is 15.2 Å². The third-order valence-electron chi connectivity index (χ3n) is 1.42. The summed E-state index contributed by atoms with van der Waals surface area (Å²) in [5.74, 6) is 0. The Balaban J connectivity index is 3.60. The Morgan fingerprint density at radius 1 is 1.36 bits per heavy atom. The number of hydrogen-bond acceptors (Lipinski definition) is 2. The first-order valence-corrected chi connectivity index (χ1v) is 3.31. The maximum Gasteiger partial charge on any atom is 0.488 e. The Bertz CT molecular complexity index is 350. The summed E-state index contributed by atoms with van der Waals surface area (Å²) in [4.78, 5) is 0. The highest BCUT2D eigenvalue weighted by Gasteiger charge is 2.12. The molecule has 0 aromatic heterocycles. The van der Waals surface area contributed by atoms with Crippen molar-refractivity contribution in [1.29, 1.82) is 0 Å². The summed E-state index contributed by atoms with van der Waals surface area (Å²) in [6, 6.07) is -0.246. The van der Waals surface area contributed by atoms with Gasteiger partial charge in [-0.15, -0.1) is 0 Å². The van der Waals surface area contributed by atoms with Crippen LogP contribution >= 0.6 is 0 Å². The van der Waals surface area contributed by atoms with Gasteiger partial charge < -0.3 is 10.0 Å². The summed E-state index contributed by atoms with van der Waals surface area (Å²) in [6.07, 6.45) is 0. The summed E-state index contributed by atoms with van der Waals surface area (Å²) in [5.41, 5.74) is 0.681. The van der Waals surface area contributed by atoms with Crippen LogP contribution in [0, 0.1) is 13.8 Å². The highest BCUT2D eigenvalue weighted by Crippen LogP contribution is 1.99. The Labute approximate surface area is 70.9 Å². The van der Waals surface area contributed by atoms with Gasteiger partial charge in [0.2, 0.25) is 0 Å². The van der Waals surface area contributed by atoms with Crippen LogP contribution in [0.15, 0.2) is 18.1 Å². The zero-order chi connectivity index (χ0) is 11.0. The van der Waals surface area contributed by atoms with E-state index in [1.165, 1.54) is 0 Å². The monoisotopic (exact) mass is 153 g/mol. The van der Waals surface area contributed by atoms with E-state index < -0.39 is 7.12 Å². The third-order valence-corrected chi connectivity index (χ3v) is 1.42. The molecule has 1 aromatic carbocycles. The highest BCUT2D eigenvalue weighted by atomic mass is 16.4. The molecule has 0 aliphatic heterocycles. The van der Waals surface area contributed by atoms with Crippen LogP contribution in [0.4, 0.5) is 0 Å². The molecule has 0 radical (unpaired) electrons. The molecule has 0 heterocycles. The standard InChI is InChI=1S/C8H11BO2/c1-6-3-4-8(9(10)11)7(2)5-6/h3-5,10-11H,1-2H3/i3D,4D,5D. The van der Waals surface area contributed by atoms with Crippen molar-refractivity contribution in [2.75, 3.05) is 0 Å². The predicted octanol–water partition coefficient (Wildman–Crippen LogP) is -0.0168. The summed E-state index contributed by atoms with van der Waals surface area (Å²) in [5, 5.41) is 18.0. The first-order valence-electron chi connectivity index (χ1n) is 4.81. The first kappa shape index (κ1) is 4.96. The molecular weight excluding hydrogens is 139 g/mol. The van der Waals surface area contributed by atoms with Gasteiger partial charge in [-0.3, -0.25) is 0 Å². The quantitative estimate of drug-likeness (QED) is 0.556. The second kappa shape index (κ2) is 3.07. The van der Waals surface area contributed by atoms with Gasteiger partial charge in [-0.25, -0.2) is 0 Å². The Morgan fingerprint density at radius 3 is 2.55 bits per heavy atom. The van der Waals surface area contributed by atoms with E-state index in [-0.39, 0.29) is 23.6 Å². The molecule has 11 heavy (non-hydrogen) atoms. The highest BCUT2D eigenvalue weighted by molar-refractivity contribution is 6.59. The molecule has 0 unspecified atom stereocenters. The lowest BCUT2D eigenvalue weighted by Crippen LogP contribution is -2.31. The minimum absolute atomic E-state index is 0.0504. The minimum Gasteiger partial charge on any atom is -0.423 e. The normalized spacial score (nSPS) is 13.6. The maximum absolute atomic E-state index is 8.99. The van der Waals surface area contributed by atoms with Crippen molar-refractivity contribution < 1.29 is 14.2 Å². The van der Waals surface area contributed by atoms with Gasteiger partial charge in [-0.05, 0) is 19.3 Å². The fraction of sp³-hybridized carbons (Fsp3) is 0.250. The van der Waals surface area contributed by atoms with Crippen molar-refractivity contribution in [3.8, 4) is 0 Å². The second-order valence-corrected chi connectivity index (χ2v) is 2.41. The zero-order valence-corrected chi connectivity index (χ0v) is 6.47. The molecule has 2 nitrogen and oxygen atoms in total. The van der Waals surface area contributed by atoms with Crippen LogP contribution < -0.4 is 5.46 Å². The van der Waals surface area contributed by atoms with Gasteiger partial charge in [0.1, 0.15) is 0 Å². The van der Waals surface area contributed by atoms with Gasteiger partial charge in [-0.1, -0.05) is 29.3 Å². The van der Waals surface area contributed by atoms with E-state index in [1.54, 1.807) is 13.8 Å². The number of benzene rings is 1. The van der Waals surface area contributed by atoms with Crippen LogP contribution in [0.3, 0.4) is 0 Å². The predicted molar refractivity (Wildman–Crippen MR) is 45.7 cm³/mol. The van der Waals surface area contributed by atoms with Gasteiger partial charge in [0, 0.05) is 0 Å². The maximum atomic E-state index is 8.99. The van der Waals surface area contributed by atoms with E-state index in [2.05, 4.69) is 0 Å². The average molecular weight is 153 g/mol. The van der Waals surface area contributed by atoms with Crippen molar-refractivity contribution in [2.24, 2.45) is 0 Å². The van der Waals surface area contributed by atoms with Crippen LogP contribution in [-0.4, -0.2) is 17.2 Å². The molecule has 0 amide bonds. The number of hydrogen-bond donors (Lipinski definition) is 2. The topological polar surface area (TPSA) is 40.5 Å². The van der Waals surface area contributed by atoms with Crippen molar-refractivity contribution >= 4 is 12.6 Å². The lowest BCUT2D eigenvalue weighted by atomic mass is 9.77. The largest absolute Gasteiger partial charge is 0.488 e. The molecule has 1 aromatic rings. The molecule has 58 valence electrons. The fourth-order valence-electron chi connectivity index (χ4n) is 0.893. The molecule has 0 bridgehead atoms. The Kier molecular flexibility index (Phi) is 1.38. The molecule has 0 saturated heterocycles. The minimum atomic E-state index is -1.80. The van der Waals surface area contributed by atoms with Crippen LogP contribution in [-0.2, 0) is 0 Å². The molecule has 0 saturated carbocycles. The Hall–Kier alpha value is -0.795. The lowest BCUT2D eigenvalue weighted by molar-refractivity contribution is 0.425. The van der Waals surface area contributed by atoms with Crippen molar-refractivity contribution in [2.45, 2.75) is 13.8 Å². The number of rotatable bonds is 1. The fourth-order valence-corrected chi connectivity index (χ4v) is 0.893. The molecule has 3 heteroatoms. The molecule has 0 aliphatic carbocycles. The molecule has 0 fully saturated rings. The van der Waals surface area contributed by atoms with E-state index in [0.717, 1.165) is 0 Å². The first-order chi connectivity index (χ1) is 6.37. The molecule has 2 N–H and O–H groups in total. The van der Waals surface area contributed by atoms with Gasteiger partial charge in [-0.2, -0.15) is 0 Å². The van der Waals surface area contributed by atoms with Gasteiger partial charge >= 0.3 is 7.12 Å². The molecule has 0 atom stereocenters. The molecular formula is C8H11BO2. The van der Waals surface area contributed by atoms with Crippen molar-refractivity contribution in [1.82, 2.24) is 0 Å². The zero-order valence-electron chi connectivity index (χ0n) is 9.47. The lowest BCUT2D eigenvalue weighted by Gasteiger charge is -2.04. The van der Waals surface area contributed by atoms with Gasteiger partial charge in [0.05, 0.1) is 4.11 Å². The van der Waals surface area contributed by atoms with E-state index >= 15 is 0 Å². The van der Waals surface area contributed by atoms with Gasteiger partial charge in [0.15, 0.2) is 0 Å². The molecule has 0 spiro atoms. The van der Waals surface area contributed by atoms with Crippen molar-refractivity contribution in [3.05, 3.63) is 29.3 Å². The smallest absolute Gasteiger partial charge is 0.423 e. The van der Waals surface area contributed by atoms with E-state index in [4.69, 9.17) is 14.2 Å². The SMILES string of the molecule is [2H]c1c([2H])c(B(O)O)c(C)c([2H])c1C.